The first-order valence-corrected chi connectivity index (χ1v) is 8.32. The lowest BCUT2D eigenvalue weighted by atomic mass is 10.0. The van der Waals surface area contributed by atoms with Gasteiger partial charge in [0, 0.05) is 12.6 Å². The minimum absolute atomic E-state index is 0.0636. The van der Waals surface area contributed by atoms with Crippen LogP contribution < -0.4 is 15.4 Å². The van der Waals surface area contributed by atoms with Crippen LogP contribution in [0, 0.1) is 0 Å². The van der Waals surface area contributed by atoms with Crippen LogP contribution in [0.2, 0.25) is 0 Å². The van der Waals surface area contributed by atoms with Gasteiger partial charge in [-0.3, -0.25) is 9.59 Å². The fourth-order valence-corrected chi connectivity index (χ4v) is 2.66. The molecule has 0 aromatic heterocycles. The van der Waals surface area contributed by atoms with E-state index in [1.54, 1.807) is 13.2 Å². The summed E-state index contributed by atoms with van der Waals surface area (Å²) in [5, 5.41) is 5.81. The molecule has 1 atom stereocenters. The van der Waals surface area contributed by atoms with Crippen molar-refractivity contribution < 1.29 is 14.3 Å². The average molecular weight is 340 g/mol. The normalized spacial score (nSPS) is 11.5. The Balaban J connectivity index is 2.06. The zero-order valence-electron chi connectivity index (χ0n) is 14.8. The molecule has 2 aromatic rings. The molecule has 5 nitrogen and oxygen atoms in total. The Labute approximate surface area is 148 Å². The second kappa shape index (κ2) is 8.87. The Hall–Kier alpha value is -2.82. The highest BCUT2D eigenvalue weighted by molar-refractivity contribution is 5.91. The third kappa shape index (κ3) is 5.35. The van der Waals surface area contributed by atoms with E-state index in [1.807, 2.05) is 49.4 Å². The molecule has 132 valence electrons. The number of methoxy groups -OCH3 is 1. The molecule has 0 aliphatic carbocycles. The summed E-state index contributed by atoms with van der Waals surface area (Å²) in [7, 11) is 1.63. The lowest BCUT2D eigenvalue weighted by molar-refractivity contribution is -0.121. The van der Waals surface area contributed by atoms with Crippen molar-refractivity contribution in [2.24, 2.45) is 0 Å². The van der Waals surface area contributed by atoms with Crippen LogP contribution in [0.5, 0.6) is 5.75 Å². The maximum absolute atomic E-state index is 12.5. The fourth-order valence-electron chi connectivity index (χ4n) is 2.66. The minimum Gasteiger partial charge on any atom is -0.497 e. The first kappa shape index (κ1) is 18.5. The fraction of sp³-hybridized carbons (Fsp3) is 0.300. The van der Waals surface area contributed by atoms with Crippen molar-refractivity contribution in [1.82, 2.24) is 5.32 Å². The number of carbonyl (C=O) groups is 2. The summed E-state index contributed by atoms with van der Waals surface area (Å²) in [4.78, 5) is 23.8. The standard InChI is InChI=1S/C20H24N2O3/c1-4-18(15-9-11-17(25-3)12-10-15)22-20(24)13-16-7-5-6-8-19(16)21-14(2)23/h5-12,18H,4,13H2,1-3H3,(H,21,23)(H,22,24)/t18-/m1/s1. The van der Waals surface area contributed by atoms with E-state index in [1.165, 1.54) is 6.92 Å². The number of hydrogen-bond donors (Lipinski definition) is 2. The predicted octanol–water partition coefficient (Wildman–Crippen LogP) is 3.46. The Kier molecular flexibility index (Phi) is 6.57. The van der Waals surface area contributed by atoms with E-state index in [0.717, 1.165) is 23.3 Å². The summed E-state index contributed by atoms with van der Waals surface area (Å²) >= 11 is 0. The van der Waals surface area contributed by atoms with E-state index in [9.17, 15) is 9.59 Å². The van der Waals surface area contributed by atoms with Crippen molar-refractivity contribution in [3.63, 3.8) is 0 Å². The molecule has 0 saturated carbocycles. The zero-order chi connectivity index (χ0) is 18.2. The van der Waals surface area contributed by atoms with Crippen LogP contribution in [0.4, 0.5) is 5.69 Å². The number of hydrogen-bond acceptors (Lipinski definition) is 3. The van der Waals surface area contributed by atoms with Crippen molar-refractivity contribution >= 4 is 17.5 Å². The third-order valence-electron chi connectivity index (χ3n) is 3.94. The number of benzene rings is 2. The van der Waals surface area contributed by atoms with Gasteiger partial charge in [0.05, 0.1) is 19.6 Å². The van der Waals surface area contributed by atoms with E-state index in [4.69, 9.17) is 4.74 Å². The van der Waals surface area contributed by atoms with Crippen molar-refractivity contribution in [3.05, 3.63) is 59.7 Å². The SMILES string of the molecule is CC[C@@H](NC(=O)Cc1ccccc1NC(C)=O)c1ccc(OC)cc1. The van der Waals surface area contributed by atoms with Crippen LogP contribution in [0.15, 0.2) is 48.5 Å². The van der Waals surface area contributed by atoms with Gasteiger partial charge in [-0.05, 0) is 35.7 Å². The van der Waals surface area contributed by atoms with Gasteiger partial charge in [-0.25, -0.2) is 0 Å². The van der Waals surface area contributed by atoms with Gasteiger partial charge in [-0.1, -0.05) is 37.3 Å². The Morgan fingerprint density at radius 2 is 1.76 bits per heavy atom. The van der Waals surface area contributed by atoms with E-state index in [-0.39, 0.29) is 24.3 Å². The molecule has 25 heavy (non-hydrogen) atoms. The topological polar surface area (TPSA) is 67.4 Å². The molecule has 0 spiro atoms. The largest absolute Gasteiger partial charge is 0.497 e. The summed E-state index contributed by atoms with van der Waals surface area (Å²) in [6, 6.07) is 15.0. The highest BCUT2D eigenvalue weighted by Gasteiger charge is 2.15. The van der Waals surface area contributed by atoms with Crippen molar-refractivity contribution in [2.75, 3.05) is 12.4 Å². The van der Waals surface area contributed by atoms with Crippen LogP contribution >= 0.6 is 0 Å². The maximum atomic E-state index is 12.5. The Morgan fingerprint density at radius 3 is 2.36 bits per heavy atom. The molecule has 0 unspecified atom stereocenters. The molecule has 5 heteroatoms. The molecule has 0 fully saturated rings. The molecule has 2 amide bonds. The van der Waals surface area contributed by atoms with E-state index in [0.29, 0.717) is 5.69 Å². The van der Waals surface area contributed by atoms with Gasteiger partial charge in [0.2, 0.25) is 11.8 Å². The number of anilines is 1. The molecule has 0 heterocycles. The van der Waals surface area contributed by atoms with Gasteiger partial charge >= 0.3 is 0 Å². The van der Waals surface area contributed by atoms with Crippen molar-refractivity contribution in [1.29, 1.82) is 0 Å². The van der Waals surface area contributed by atoms with Crippen molar-refractivity contribution in [3.8, 4) is 5.75 Å². The lowest BCUT2D eigenvalue weighted by Gasteiger charge is -2.18. The van der Waals surface area contributed by atoms with Crippen molar-refractivity contribution in [2.45, 2.75) is 32.7 Å². The number of nitrogens with one attached hydrogen (secondary N) is 2. The zero-order valence-corrected chi connectivity index (χ0v) is 14.8. The molecule has 0 aliphatic rings. The van der Waals surface area contributed by atoms with Gasteiger partial charge in [0.25, 0.3) is 0 Å². The Bertz CT molecular complexity index is 726. The molecule has 2 rings (SSSR count). The molecular weight excluding hydrogens is 316 g/mol. The van der Waals surface area contributed by atoms with Gasteiger partial charge in [0.15, 0.2) is 0 Å². The molecule has 0 saturated heterocycles. The van der Waals surface area contributed by atoms with E-state index >= 15 is 0 Å². The quantitative estimate of drug-likeness (QED) is 0.811. The second-order valence-electron chi connectivity index (χ2n) is 5.82. The van der Waals surface area contributed by atoms with Crippen LogP contribution in [0.25, 0.3) is 0 Å². The van der Waals surface area contributed by atoms with Crippen LogP contribution in [0.1, 0.15) is 37.4 Å². The smallest absolute Gasteiger partial charge is 0.224 e. The lowest BCUT2D eigenvalue weighted by Crippen LogP contribution is -2.29. The van der Waals surface area contributed by atoms with E-state index < -0.39 is 0 Å². The first-order valence-electron chi connectivity index (χ1n) is 8.32. The van der Waals surface area contributed by atoms with Gasteiger partial charge in [-0.15, -0.1) is 0 Å². The summed E-state index contributed by atoms with van der Waals surface area (Å²) < 4.78 is 5.17. The van der Waals surface area contributed by atoms with Gasteiger partial charge < -0.3 is 15.4 Å². The second-order valence-corrected chi connectivity index (χ2v) is 5.82. The van der Waals surface area contributed by atoms with Gasteiger partial charge in [0.1, 0.15) is 5.75 Å². The minimum atomic E-state index is -0.155. The van der Waals surface area contributed by atoms with Crippen LogP contribution in [-0.2, 0) is 16.0 Å². The summed E-state index contributed by atoms with van der Waals surface area (Å²) in [6.07, 6.45) is 0.995. The highest BCUT2D eigenvalue weighted by Crippen LogP contribution is 2.21. The summed E-state index contributed by atoms with van der Waals surface area (Å²) in [5.41, 5.74) is 2.49. The molecule has 0 aliphatic heterocycles. The molecule has 0 radical (unpaired) electrons. The summed E-state index contributed by atoms with van der Waals surface area (Å²) in [6.45, 7) is 3.48. The number of amides is 2. The predicted molar refractivity (Wildman–Crippen MR) is 98.6 cm³/mol. The molecule has 2 N–H and O–H groups in total. The molecule has 0 bridgehead atoms. The van der Waals surface area contributed by atoms with E-state index in [2.05, 4.69) is 10.6 Å². The monoisotopic (exact) mass is 340 g/mol. The van der Waals surface area contributed by atoms with Gasteiger partial charge in [-0.2, -0.15) is 0 Å². The third-order valence-corrected chi connectivity index (χ3v) is 3.94. The average Bonchev–Trinajstić information content (AvgIpc) is 2.61. The number of rotatable bonds is 7. The summed E-state index contributed by atoms with van der Waals surface area (Å²) in [5.74, 6) is 0.548. The molecular formula is C20H24N2O3. The maximum Gasteiger partial charge on any atom is 0.224 e. The molecule has 2 aromatic carbocycles. The highest BCUT2D eigenvalue weighted by atomic mass is 16.5. The van der Waals surface area contributed by atoms with Crippen LogP contribution in [0.3, 0.4) is 0 Å². The number of ether oxygens (including phenoxy) is 1. The number of para-hydroxylation sites is 1. The Morgan fingerprint density at radius 1 is 1.08 bits per heavy atom. The van der Waals surface area contributed by atoms with Crippen LogP contribution in [-0.4, -0.2) is 18.9 Å². The number of carbonyl (C=O) groups excluding carboxylic acids is 2. The first-order chi connectivity index (χ1) is 12.0.